The molecule has 0 aromatic heterocycles. The summed E-state index contributed by atoms with van der Waals surface area (Å²) < 4.78 is 5.05. The highest BCUT2D eigenvalue weighted by Gasteiger charge is 2.07. The first-order valence-corrected chi connectivity index (χ1v) is 4.24. The number of carbonyl (C=O) groups excluding carboxylic acids is 1. The van der Waals surface area contributed by atoms with Crippen LogP contribution in [0.4, 0.5) is 0 Å². The normalized spacial score (nSPS) is 9.15. The van der Waals surface area contributed by atoms with Gasteiger partial charge >= 0.3 is 0 Å². The Kier molecular flexibility index (Phi) is 3.38. The smallest absolute Gasteiger partial charge is 0.184 e. The molecule has 0 heterocycles. The van der Waals surface area contributed by atoms with Crippen molar-refractivity contribution < 1.29 is 9.53 Å². The standard InChI is InChI=1S/C9H6Cl2O2/c1-6(5-12)13-9-7(10)3-2-4-8(9)11/h2-4H,1H3. The number of allylic oxidation sites excluding steroid dienone is 1. The van der Waals surface area contributed by atoms with E-state index >= 15 is 0 Å². The van der Waals surface area contributed by atoms with Gasteiger partial charge in [-0.05, 0) is 12.1 Å². The number of halogens is 2. The van der Waals surface area contributed by atoms with E-state index in [4.69, 9.17) is 27.9 Å². The summed E-state index contributed by atoms with van der Waals surface area (Å²) >= 11 is 11.6. The van der Waals surface area contributed by atoms with E-state index in [0.717, 1.165) is 0 Å². The van der Waals surface area contributed by atoms with Crippen molar-refractivity contribution in [1.82, 2.24) is 0 Å². The first-order valence-electron chi connectivity index (χ1n) is 3.48. The fourth-order valence-electron chi connectivity index (χ4n) is 0.754. The van der Waals surface area contributed by atoms with Crippen LogP contribution >= 0.6 is 23.2 Å². The Balaban J connectivity index is 3.07. The number of benzene rings is 1. The number of hydrogen-bond donors (Lipinski definition) is 0. The minimum Gasteiger partial charge on any atom is -0.447 e. The molecular weight excluding hydrogens is 211 g/mol. The predicted molar refractivity (Wildman–Crippen MR) is 52.0 cm³/mol. The average Bonchev–Trinajstić information content (AvgIpc) is 2.11. The SMILES string of the molecule is CC(=C=O)Oc1c(Cl)cccc1Cl. The molecule has 1 rings (SSSR count). The molecule has 0 saturated carbocycles. The van der Waals surface area contributed by atoms with E-state index in [1.165, 1.54) is 6.92 Å². The maximum Gasteiger partial charge on any atom is 0.184 e. The zero-order valence-corrected chi connectivity index (χ0v) is 8.32. The van der Waals surface area contributed by atoms with Crippen LogP contribution in [0.3, 0.4) is 0 Å². The Hall–Kier alpha value is -0.950. The summed E-state index contributed by atoms with van der Waals surface area (Å²) in [6, 6.07) is 4.94. The Bertz CT molecular complexity index is 348. The Morgan fingerprint density at radius 2 is 1.92 bits per heavy atom. The van der Waals surface area contributed by atoms with Crippen molar-refractivity contribution in [3.05, 3.63) is 34.0 Å². The molecule has 0 bridgehead atoms. The molecular formula is C9H6Cl2O2. The van der Waals surface area contributed by atoms with Gasteiger partial charge in [-0.3, -0.25) is 0 Å². The lowest BCUT2D eigenvalue weighted by Crippen LogP contribution is -1.92. The van der Waals surface area contributed by atoms with Gasteiger partial charge in [0, 0.05) is 6.92 Å². The molecule has 0 N–H and O–H groups in total. The summed E-state index contributed by atoms with van der Waals surface area (Å²) in [4.78, 5) is 10.2. The van der Waals surface area contributed by atoms with Gasteiger partial charge in [0.1, 0.15) is 0 Å². The number of para-hydroxylation sites is 1. The number of rotatable bonds is 2. The van der Waals surface area contributed by atoms with Gasteiger partial charge in [0.05, 0.1) is 10.0 Å². The summed E-state index contributed by atoms with van der Waals surface area (Å²) in [5.74, 6) is 1.97. The van der Waals surface area contributed by atoms with Crippen LogP contribution in [-0.4, -0.2) is 5.94 Å². The van der Waals surface area contributed by atoms with Crippen LogP contribution in [0.1, 0.15) is 6.92 Å². The summed E-state index contributed by atoms with van der Waals surface area (Å²) in [6.45, 7) is 1.48. The van der Waals surface area contributed by atoms with E-state index in [-0.39, 0.29) is 11.5 Å². The molecule has 0 unspecified atom stereocenters. The van der Waals surface area contributed by atoms with Crippen LogP contribution < -0.4 is 4.74 Å². The Morgan fingerprint density at radius 3 is 2.38 bits per heavy atom. The third-order valence-electron chi connectivity index (χ3n) is 1.32. The average molecular weight is 217 g/mol. The van der Waals surface area contributed by atoms with Crippen molar-refractivity contribution in [3.63, 3.8) is 0 Å². The summed E-state index contributed by atoms with van der Waals surface area (Å²) in [5, 5.41) is 0.726. The molecule has 0 atom stereocenters. The van der Waals surface area contributed by atoms with Gasteiger partial charge in [-0.25, -0.2) is 4.79 Å². The lowest BCUT2D eigenvalue weighted by Gasteiger charge is -2.06. The van der Waals surface area contributed by atoms with Gasteiger partial charge in [-0.1, -0.05) is 29.3 Å². The maximum atomic E-state index is 10.2. The van der Waals surface area contributed by atoms with Gasteiger partial charge in [0.25, 0.3) is 0 Å². The number of ether oxygens (including phenoxy) is 1. The monoisotopic (exact) mass is 216 g/mol. The third kappa shape index (κ3) is 2.49. The summed E-state index contributed by atoms with van der Waals surface area (Å²) in [5.41, 5.74) is 0. The quantitative estimate of drug-likeness (QED) is 0.561. The fourth-order valence-corrected chi connectivity index (χ4v) is 1.23. The minimum atomic E-state index is 0.0926. The third-order valence-corrected chi connectivity index (χ3v) is 1.91. The van der Waals surface area contributed by atoms with Crippen molar-refractivity contribution in [3.8, 4) is 5.75 Å². The first-order chi connectivity index (χ1) is 6.15. The van der Waals surface area contributed by atoms with Crippen LogP contribution in [0.5, 0.6) is 5.75 Å². The molecule has 68 valence electrons. The molecule has 0 aliphatic rings. The molecule has 0 spiro atoms. The predicted octanol–water partition coefficient (Wildman–Crippen LogP) is 3.11. The second-order valence-corrected chi connectivity index (χ2v) is 3.13. The van der Waals surface area contributed by atoms with Crippen LogP contribution in [0, 0.1) is 0 Å². The molecule has 0 radical (unpaired) electrons. The Morgan fingerprint density at radius 1 is 1.38 bits per heavy atom. The molecule has 0 saturated heterocycles. The van der Waals surface area contributed by atoms with Crippen molar-refractivity contribution in [2.24, 2.45) is 0 Å². The van der Waals surface area contributed by atoms with E-state index < -0.39 is 0 Å². The van der Waals surface area contributed by atoms with E-state index in [1.807, 2.05) is 0 Å². The molecule has 4 heteroatoms. The topological polar surface area (TPSA) is 26.3 Å². The minimum absolute atomic E-state index is 0.0926. The zero-order chi connectivity index (χ0) is 9.84. The zero-order valence-electron chi connectivity index (χ0n) is 6.80. The van der Waals surface area contributed by atoms with E-state index in [1.54, 1.807) is 24.1 Å². The lowest BCUT2D eigenvalue weighted by molar-refractivity contribution is 0.427. The fraction of sp³-hybridized carbons (Fsp3) is 0.111. The van der Waals surface area contributed by atoms with Crippen molar-refractivity contribution in [1.29, 1.82) is 0 Å². The second-order valence-electron chi connectivity index (χ2n) is 2.31. The van der Waals surface area contributed by atoms with Crippen molar-refractivity contribution in [2.45, 2.75) is 6.92 Å². The van der Waals surface area contributed by atoms with Gasteiger partial charge in [0.2, 0.25) is 0 Å². The summed E-state index contributed by atoms with van der Waals surface area (Å²) in [7, 11) is 0. The maximum absolute atomic E-state index is 10.2. The van der Waals surface area contributed by atoms with E-state index in [0.29, 0.717) is 10.0 Å². The largest absolute Gasteiger partial charge is 0.447 e. The molecule has 2 nitrogen and oxygen atoms in total. The van der Waals surface area contributed by atoms with Crippen molar-refractivity contribution >= 4 is 29.1 Å². The molecule has 0 amide bonds. The van der Waals surface area contributed by atoms with E-state index in [9.17, 15) is 4.79 Å². The molecule has 1 aromatic carbocycles. The van der Waals surface area contributed by atoms with Crippen molar-refractivity contribution in [2.75, 3.05) is 0 Å². The lowest BCUT2D eigenvalue weighted by atomic mass is 10.3. The Labute approximate surface area is 85.7 Å². The molecule has 1 aromatic rings. The molecule has 0 aliphatic carbocycles. The van der Waals surface area contributed by atoms with Gasteiger partial charge < -0.3 is 4.74 Å². The highest BCUT2D eigenvalue weighted by atomic mass is 35.5. The van der Waals surface area contributed by atoms with Gasteiger partial charge in [-0.15, -0.1) is 0 Å². The highest BCUT2D eigenvalue weighted by Crippen LogP contribution is 2.33. The van der Waals surface area contributed by atoms with Crippen LogP contribution in [0.2, 0.25) is 10.0 Å². The van der Waals surface area contributed by atoms with Gasteiger partial charge in [0.15, 0.2) is 17.5 Å². The highest BCUT2D eigenvalue weighted by molar-refractivity contribution is 6.37. The van der Waals surface area contributed by atoms with E-state index in [2.05, 4.69) is 0 Å². The van der Waals surface area contributed by atoms with Crippen LogP contribution in [0.15, 0.2) is 24.0 Å². The second kappa shape index (κ2) is 4.33. The van der Waals surface area contributed by atoms with Crippen LogP contribution in [-0.2, 0) is 4.79 Å². The van der Waals surface area contributed by atoms with Crippen LogP contribution in [0.25, 0.3) is 0 Å². The number of hydrogen-bond acceptors (Lipinski definition) is 2. The molecule has 13 heavy (non-hydrogen) atoms. The molecule has 0 fully saturated rings. The summed E-state index contributed by atoms with van der Waals surface area (Å²) in [6.07, 6.45) is 0. The first kappa shape index (κ1) is 10.1. The molecule has 0 aliphatic heterocycles. The van der Waals surface area contributed by atoms with Gasteiger partial charge in [-0.2, -0.15) is 0 Å².